The van der Waals surface area contributed by atoms with Crippen LogP contribution in [0.2, 0.25) is 0 Å². The topological polar surface area (TPSA) is 59.0 Å². The van der Waals surface area contributed by atoms with Crippen LogP contribution in [0.3, 0.4) is 0 Å². The molecule has 0 bridgehead atoms. The van der Waals surface area contributed by atoms with Crippen molar-refractivity contribution in [2.45, 2.75) is 33.7 Å². The first kappa shape index (κ1) is 16.9. The Balaban J connectivity index is 1.90. The first-order valence-corrected chi connectivity index (χ1v) is 7.45. The Bertz CT molecular complexity index is 712. The second-order valence-electron chi connectivity index (χ2n) is 5.22. The third-order valence-electron chi connectivity index (χ3n) is 3.67. The van der Waals surface area contributed by atoms with Crippen LogP contribution in [0.15, 0.2) is 18.2 Å². The average Bonchev–Trinajstić information content (AvgIpc) is 2.78. The van der Waals surface area contributed by atoms with Crippen molar-refractivity contribution in [3.05, 3.63) is 46.8 Å². The van der Waals surface area contributed by atoms with Gasteiger partial charge in [0.05, 0.1) is 11.4 Å². The number of nitrogens with one attached hydrogen (secondary N) is 2. The summed E-state index contributed by atoms with van der Waals surface area (Å²) in [5.41, 5.74) is 2.91. The van der Waals surface area contributed by atoms with E-state index in [-0.39, 0.29) is 5.69 Å². The fraction of sp³-hybridized carbons (Fsp3) is 0.375. The Morgan fingerprint density at radius 3 is 2.70 bits per heavy atom. The zero-order valence-electron chi connectivity index (χ0n) is 13.4. The van der Waals surface area contributed by atoms with Crippen molar-refractivity contribution in [3.63, 3.8) is 0 Å². The summed E-state index contributed by atoms with van der Waals surface area (Å²) in [6.07, 6.45) is 0.622. The Kier molecular flexibility index (Phi) is 5.31. The number of rotatable bonds is 5. The molecular weight excluding hydrogens is 302 g/mol. The SMILES string of the molecule is CCn1nc(C)c(CCNC(=O)Nc2cc(F)ccc2F)c1C. The predicted molar refractivity (Wildman–Crippen MR) is 84.5 cm³/mol. The van der Waals surface area contributed by atoms with Crippen LogP contribution >= 0.6 is 0 Å². The van der Waals surface area contributed by atoms with E-state index in [1.54, 1.807) is 0 Å². The third kappa shape index (κ3) is 4.06. The number of anilines is 1. The molecule has 124 valence electrons. The molecule has 1 aromatic carbocycles. The van der Waals surface area contributed by atoms with Gasteiger partial charge >= 0.3 is 6.03 Å². The zero-order chi connectivity index (χ0) is 17.0. The number of urea groups is 1. The highest BCUT2D eigenvalue weighted by atomic mass is 19.1. The molecule has 5 nitrogen and oxygen atoms in total. The number of carbonyl (C=O) groups is 1. The Morgan fingerprint density at radius 1 is 1.30 bits per heavy atom. The minimum atomic E-state index is -0.683. The summed E-state index contributed by atoms with van der Waals surface area (Å²) in [6, 6.07) is 2.33. The van der Waals surface area contributed by atoms with Crippen LogP contribution in [-0.2, 0) is 13.0 Å². The smallest absolute Gasteiger partial charge is 0.319 e. The number of aryl methyl sites for hydroxylation is 2. The van der Waals surface area contributed by atoms with E-state index in [1.165, 1.54) is 0 Å². The monoisotopic (exact) mass is 322 g/mol. The van der Waals surface area contributed by atoms with Gasteiger partial charge in [-0.1, -0.05) is 0 Å². The van der Waals surface area contributed by atoms with Crippen molar-refractivity contribution in [1.29, 1.82) is 0 Å². The predicted octanol–water partition coefficient (Wildman–Crippen LogP) is 3.16. The van der Waals surface area contributed by atoms with Crippen LogP contribution in [0.1, 0.15) is 23.9 Å². The molecule has 1 aromatic heterocycles. The second-order valence-corrected chi connectivity index (χ2v) is 5.22. The van der Waals surface area contributed by atoms with Crippen LogP contribution < -0.4 is 10.6 Å². The zero-order valence-corrected chi connectivity index (χ0v) is 13.4. The molecule has 0 aliphatic rings. The number of carbonyl (C=O) groups excluding carboxylic acids is 1. The fourth-order valence-electron chi connectivity index (χ4n) is 2.46. The molecule has 23 heavy (non-hydrogen) atoms. The van der Waals surface area contributed by atoms with E-state index in [9.17, 15) is 13.6 Å². The van der Waals surface area contributed by atoms with Crippen molar-refractivity contribution < 1.29 is 13.6 Å². The van der Waals surface area contributed by atoms with Gasteiger partial charge in [-0.05, 0) is 44.9 Å². The molecule has 0 radical (unpaired) electrons. The summed E-state index contributed by atoms with van der Waals surface area (Å²) in [4.78, 5) is 11.8. The highest BCUT2D eigenvalue weighted by molar-refractivity contribution is 5.89. The van der Waals surface area contributed by atoms with Gasteiger partial charge in [0, 0.05) is 24.8 Å². The number of halogens is 2. The molecule has 2 amide bonds. The standard InChI is InChI=1S/C16H20F2N4O/c1-4-22-11(3)13(10(2)21-22)7-8-19-16(23)20-15-9-12(17)5-6-14(15)18/h5-6,9H,4,7-8H2,1-3H3,(H2,19,20,23). The largest absolute Gasteiger partial charge is 0.338 e. The Morgan fingerprint density at radius 2 is 2.04 bits per heavy atom. The summed E-state index contributed by atoms with van der Waals surface area (Å²) in [5.74, 6) is -1.29. The number of hydrogen-bond acceptors (Lipinski definition) is 2. The molecule has 0 atom stereocenters. The van der Waals surface area contributed by atoms with Gasteiger partial charge in [0.2, 0.25) is 0 Å². The van der Waals surface area contributed by atoms with Gasteiger partial charge < -0.3 is 10.6 Å². The van der Waals surface area contributed by atoms with Crippen LogP contribution in [0.4, 0.5) is 19.3 Å². The summed E-state index contributed by atoms with van der Waals surface area (Å²) in [5, 5.41) is 9.34. The molecule has 0 spiro atoms. The summed E-state index contributed by atoms with van der Waals surface area (Å²) in [6.45, 7) is 7.10. The molecule has 0 fully saturated rings. The lowest BCUT2D eigenvalue weighted by Gasteiger charge is -2.09. The van der Waals surface area contributed by atoms with Crippen molar-refractivity contribution in [3.8, 4) is 0 Å². The van der Waals surface area contributed by atoms with E-state index in [1.807, 2.05) is 25.5 Å². The highest BCUT2D eigenvalue weighted by Gasteiger charge is 2.11. The molecule has 0 unspecified atom stereocenters. The van der Waals surface area contributed by atoms with Crippen molar-refractivity contribution in [2.24, 2.45) is 0 Å². The van der Waals surface area contributed by atoms with Crippen LogP contribution in [0.25, 0.3) is 0 Å². The number of benzene rings is 1. The van der Waals surface area contributed by atoms with E-state index >= 15 is 0 Å². The van der Waals surface area contributed by atoms with E-state index in [4.69, 9.17) is 0 Å². The maximum atomic E-state index is 13.4. The second kappa shape index (κ2) is 7.21. The van der Waals surface area contributed by atoms with Gasteiger partial charge in [-0.2, -0.15) is 5.10 Å². The Hall–Kier alpha value is -2.44. The molecular formula is C16H20F2N4O. The molecule has 1 heterocycles. The molecule has 0 aliphatic heterocycles. The number of amides is 2. The lowest BCUT2D eigenvalue weighted by molar-refractivity contribution is 0.252. The summed E-state index contributed by atoms with van der Waals surface area (Å²) < 4.78 is 28.4. The first-order valence-electron chi connectivity index (χ1n) is 7.45. The fourth-order valence-corrected chi connectivity index (χ4v) is 2.46. The highest BCUT2D eigenvalue weighted by Crippen LogP contribution is 2.15. The quantitative estimate of drug-likeness (QED) is 0.888. The maximum Gasteiger partial charge on any atom is 0.319 e. The average molecular weight is 322 g/mol. The van der Waals surface area contributed by atoms with Gasteiger partial charge in [0.15, 0.2) is 0 Å². The van der Waals surface area contributed by atoms with Crippen LogP contribution in [0, 0.1) is 25.5 Å². The molecule has 2 rings (SSSR count). The van der Waals surface area contributed by atoms with Crippen molar-refractivity contribution >= 4 is 11.7 Å². The van der Waals surface area contributed by atoms with Gasteiger partial charge in [-0.25, -0.2) is 13.6 Å². The molecule has 0 saturated carbocycles. The van der Waals surface area contributed by atoms with E-state index in [2.05, 4.69) is 15.7 Å². The number of aromatic nitrogens is 2. The van der Waals surface area contributed by atoms with Gasteiger partial charge in [-0.3, -0.25) is 4.68 Å². The van der Waals surface area contributed by atoms with Crippen molar-refractivity contribution in [1.82, 2.24) is 15.1 Å². The third-order valence-corrected chi connectivity index (χ3v) is 3.67. The molecule has 7 heteroatoms. The molecule has 2 N–H and O–H groups in total. The van der Waals surface area contributed by atoms with Crippen LogP contribution in [-0.4, -0.2) is 22.4 Å². The van der Waals surface area contributed by atoms with E-state index in [0.29, 0.717) is 13.0 Å². The minimum absolute atomic E-state index is 0.186. The van der Waals surface area contributed by atoms with Crippen molar-refractivity contribution in [2.75, 3.05) is 11.9 Å². The van der Waals surface area contributed by atoms with Gasteiger partial charge in [-0.15, -0.1) is 0 Å². The van der Waals surface area contributed by atoms with E-state index in [0.717, 1.165) is 41.7 Å². The Labute approximate surface area is 133 Å². The maximum absolute atomic E-state index is 13.4. The first-order chi connectivity index (χ1) is 10.9. The number of hydrogen-bond donors (Lipinski definition) is 2. The van der Waals surface area contributed by atoms with Gasteiger partial charge in [0.1, 0.15) is 11.6 Å². The molecule has 0 saturated heterocycles. The summed E-state index contributed by atoms with van der Waals surface area (Å²) in [7, 11) is 0. The lowest BCUT2D eigenvalue weighted by atomic mass is 10.1. The van der Waals surface area contributed by atoms with Gasteiger partial charge in [0.25, 0.3) is 0 Å². The summed E-state index contributed by atoms with van der Waals surface area (Å²) >= 11 is 0. The molecule has 0 aliphatic carbocycles. The van der Waals surface area contributed by atoms with Crippen LogP contribution in [0.5, 0.6) is 0 Å². The normalized spacial score (nSPS) is 10.7. The van der Waals surface area contributed by atoms with E-state index < -0.39 is 17.7 Å². The lowest BCUT2D eigenvalue weighted by Crippen LogP contribution is -2.31. The molecule has 2 aromatic rings. The minimum Gasteiger partial charge on any atom is -0.338 e. The number of nitrogens with zero attached hydrogens (tertiary/aromatic N) is 2.